The average Bonchev–Trinajstić information content (AvgIpc) is 2.25. The van der Waals surface area contributed by atoms with Crippen molar-refractivity contribution in [2.24, 2.45) is 0 Å². The van der Waals surface area contributed by atoms with Gasteiger partial charge in [-0.1, -0.05) is 18.2 Å². The molecule has 0 bridgehead atoms. The van der Waals surface area contributed by atoms with Crippen molar-refractivity contribution in [1.29, 1.82) is 0 Å². The van der Waals surface area contributed by atoms with Crippen molar-refractivity contribution < 1.29 is 28.2 Å². The predicted molar refractivity (Wildman–Crippen MR) is 53.5 cm³/mol. The standard InChI is InChI=1S/C11H9F3O3/c12-11(13,14)8-3-1-2-7(6-8)4-5-9(15)10(16)17/h1-3,5-6,15H,4H2,(H,16,17)/b9-5-. The van der Waals surface area contributed by atoms with Crippen LogP contribution in [0.5, 0.6) is 0 Å². The number of hydrogen-bond donors (Lipinski definition) is 2. The molecule has 1 rings (SSSR count). The van der Waals surface area contributed by atoms with Crippen molar-refractivity contribution in [2.75, 3.05) is 0 Å². The van der Waals surface area contributed by atoms with Crippen LogP contribution < -0.4 is 0 Å². The van der Waals surface area contributed by atoms with Crippen LogP contribution in [-0.4, -0.2) is 16.2 Å². The SMILES string of the molecule is O=C(O)/C(O)=C/Cc1cccc(C(F)(F)F)c1. The zero-order valence-corrected chi connectivity index (χ0v) is 8.53. The Morgan fingerprint density at radius 3 is 2.47 bits per heavy atom. The molecular weight excluding hydrogens is 237 g/mol. The Hall–Kier alpha value is -1.98. The normalized spacial score (nSPS) is 12.5. The minimum absolute atomic E-state index is 0.0813. The van der Waals surface area contributed by atoms with Crippen LogP contribution in [0.1, 0.15) is 11.1 Å². The predicted octanol–water partition coefficient (Wildman–Crippen LogP) is 2.77. The lowest BCUT2D eigenvalue weighted by molar-refractivity contribution is -0.138. The summed E-state index contributed by atoms with van der Waals surface area (Å²) in [5, 5.41) is 17.2. The highest BCUT2D eigenvalue weighted by Crippen LogP contribution is 2.29. The summed E-state index contributed by atoms with van der Waals surface area (Å²) in [6, 6.07) is 4.47. The van der Waals surface area contributed by atoms with E-state index in [4.69, 9.17) is 10.2 Å². The molecule has 6 heteroatoms. The Bertz CT molecular complexity index is 450. The number of carbonyl (C=O) groups is 1. The van der Waals surface area contributed by atoms with E-state index in [1.54, 1.807) is 0 Å². The van der Waals surface area contributed by atoms with E-state index in [2.05, 4.69) is 0 Å². The van der Waals surface area contributed by atoms with Gasteiger partial charge in [-0.15, -0.1) is 0 Å². The molecule has 0 aliphatic heterocycles. The Morgan fingerprint density at radius 2 is 1.94 bits per heavy atom. The molecule has 0 saturated heterocycles. The number of carboxylic acid groups (broad SMARTS) is 1. The van der Waals surface area contributed by atoms with E-state index < -0.39 is 23.5 Å². The van der Waals surface area contributed by atoms with Crippen LogP contribution in [-0.2, 0) is 17.4 Å². The molecule has 0 atom stereocenters. The molecule has 0 heterocycles. The van der Waals surface area contributed by atoms with Gasteiger partial charge in [0.05, 0.1) is 5.56 Å². The highest BCUT2D eigenvalue weighted by molar-refractivity contribution is 5.83. The van der Waals surface area contributed by atoms with E-state index >= 15 is 0 Å². The molecule has 1 aromatic rings. The Kier molecular flexibility index (Phi) is 3.77. The highest BCUT2D eigenvalue weighted by Gasteiger charge is 2.30. The number of aliphatic hydroxyl groups is 1. The van der Waals surface area contributed by atoms with Crippen LogP contribution in [0.15, 0.2) is 36.1 Å². The van der Waals surface area contributed by atoms with Gasteiger partial charge in [0.25, 0.3) is 0 Å². The number of aliphatic carboxylic acids is 1. The van der Waals surface area contributed by atoms with Gasteiger partial charge in [0.1, 0.15) is 0 Å². The van der Waals surface area contributed by atoms with Crippen LogP contribution in [0.4, 0.5) is 13.2 Å². The molecule has 1 aromatic carbocycles. The smallest absolute Gasteiger partial charge is 0.416 e. The molecule has 0 aliphatic rings. The fourth-order valence-electron chi connectivity index (χ4n) is 1.18. The maximum Gasteiger partial charge on any atom is 0.416 e. The lowest BCUT2D eigenvalue weighted by atomic mass is 10.1. The van der Waals surface area contributed by atoms with Gasteiger partial charge in [-0.3, -0.25) is 0 Å². The fraction of sp³-hybridized carbons (Fsp3) is 0.182. The van der Waals surface area contributed by atoms with Gasteiger partial charge < -0.3 is 10.2 Å². The topological polar surface area (TPSA) is 57.5 Å². The number of carboxylic acids is 1. The van der Waals surface area contributed by atoms with Crippen LogP contribution in [0.3, 0.4) is 0 Å². The monoisotopic (exact) mass is 246 g/mol. The van der Waals surface area contributed by atoms with Crippen LogP contribution >= 0.6 is 0 Å². The van der Waals surface area contributed by atoms with Gasteiger partial charge in [-0.2, -0.15) is 13.2 Å². The van der Waals surface area contributed by atoms with Gasteiger partial charge in [-0.05, 0) is 24.1 Å². The second-order valence-corrected chi connectivity index (χ2v) is 3.30. The molecule has 92 valence electrons. The molecule has 0 saturated carbocycles. The summed E-state index contributed by atoms with van der Waals surface area (Å²) in [4.78, 5) is 10.2. The lowest BCUT2D eigenvalue weighted by Gasteiger charge is -2.07. The van der Waals surface area contributed by atoms with E-state index in [1.807, 2.05) is 0 Å². The highest BCUT2D eigenvalue weighted by atomic mass is 19.4. The van der Waals surface area contributed by atoms with Gasteiger partial charge in [0.2, 0.25) is 0 Å². The van der Waals surface area contributed by atoms with Crippen molar-refractivity contribution in [3.8, 4) is 0 Å². The number of hydrogen-bond acceptors (Lipinski definition) is 2. The van der Waals surface area contributed by atoms with E-state index in [0.717, 1.165) is 18.2 Å². The number of alkyl halides is 3. The second kappa shape index (κ2) is 4.90. The Morgan fingerprint density at radius 1 is 1.29 bits per heavy atom. The summed E-state index contributed by atoms with van der Waals surface area (Å²) in [5.41, 5.74) is -0.536. The van der Waals surface area contributed by atoms with Crippen LogP contribution in [0.2, 0.25) is 0 Å². The third-order valence-corrected chi connectivity index (χ3v) is 2.00. The molecule has 0 unspecified atom stereocenters. The molecule has 0 aromatic heterocycles. The number of aliphatic hydroxyl groups excluding tert-OH is 1. The molecule has 0 radical (unpaired) electrons. The molecule has 0 spiro atoms. The molecule has 2 N–H and O–H groups in total. The second-order valence-electron chi connectivity index (χ2n) is 3.30. The zero-order valence-electron chi connectivity index (χ0n) is 8.53. The van der Waals surface area contributed by atoms with Crippen molar-refractivity contribution >= 4 is 5.97 Å². The minimum Gasteiger partial charge on any atom is -0.502 e. The maximum absolute atomic E-state index is 12.3. The summed E-state index contributed by atoms with van der Waals surface area (Å²) >= 11 is 0. The van der Waals surface area contributed by atoms with Crippen molar-refractivity contribution in [2.45, 2.75) is 12.6 Å². The average molecular weight is 246 g/mol. The Balaban J connectivity index is 2.87. The number of allylic oxidation sites excluding steroid dienone is 1. The number of rotatable bonds is 3. The van der Waals surface area contributed by atoms with E-state index in [1.165, 1.54) is 12.1 Å². The lowest BCUT2D eigenvalue weighted by Crippen LogP contribution is -2.05. The molecular formula is C11H9F3O3. The molecule has 0 fully saturated rings. The molecule has 17 heavy (non-hydrogen) atoms. The third-order valence-electron chi connectivity index (χ3n) is 2.00. The summed E-state index contributed by atoms with van der Waals surface area (Å²) in [5.74, 6) is -2.40. The number of halogens is 3. The molecule has 3 nitrogen and oxygen atoms in total. The maximum atomic E-state index is 12.3. The first kappa shape index (κ1) is 13.1. The first-order valence-corrected chi connectivity index (χ1v) is 4.59. The summed E-state index contributed by atoms with van der Waals surface area (Å²) in [7, 11) is 0. The third kappa shape index (κ3) is 3.82. The van der Waals surface area contributed by atoms with Gasteiger partial charge in [-0.25, -0.2) is 4.79 Å². The first-order chi connectivity index (χ1) is 7.80. The van der Waals surface area contributed by atoms with Gasteiger partial charge in [0, 0.05) is 0 Å². The van der Waals surface area contributed by atoms with Gasteiger partial charge in [0.15, 0.2) is 5.76 Å². The fourth-order valence-corrected chi connectivity index (χ4v) is 1.18. The molecule has 0 amide bonds. The van der Waals surface area contributed by atoms with Crippen molar-refractivity contribution in [3.63, 3.8) is 0 Å². The summed E-state index contributed by atoms with van der Waals surface area (Å²) in [6.07, 6.45) is -3.57. The van der Waals surface area contributed by atoms with Crippen molar-refractivity contribution in [3.05, 3.63) is 47.2 Å². The van der Waals surface area contributed by atoms with E-state index in [9.17, 15) is 18.0 Å². The summed E-state index contributed by atoms with van der Waals surface area (Å²) in [6.45, 7) is 0. The van der Waals surface area contributed by atoms with Gasteiger partial charge >= 0.3 is 12.1 Å². The largest absolute Gasteiger partial charge is 0.502 e. The van der Waals surface area contributed by atoms with Crippen molar-refractivity contribution in [1.82, 2.24) is 0 Å². The summed E-state index contributed by atoms with van der Waals surface area (Å²) < 4.78 is 37.0. The zero-order chi connectivity index (χ0) is 13.1. The first-order valence-electron chi connectivity index (χ1n) is 4.59. The Labute approximate surface area is 94.8 Å². The van der Waals surface area contributed by atoms with Crippen LogP contribution in [0, 0.1) is 0 Å². The van der Waals surface area contributed by atoms with Crippen LogP contribution in [0.25, 0.3) is 0 Å². The minimum atomic E-state index is -4.44. The van der Waals surface area contributed by atoms with E-state index in [-0.39, 0.29) is 12.0 Å². The quantitative estimate of drug-likeness (QED) is 0.636. The molecule has 0 aliphatic carbocycles. The van der Waals surface area contributed by atoms with E-state index in [0.29, 0.717) is 0 Å². The number of benzene rings is 1.